The first kappa shape index (κ1) is 46.5. The first-order chi connectivity index (χ1) is 34.7. The van der Waals surface area contributed by atoms with E-state index in [1.807, 2.05) is 30.3 Å². The highest BCUT2D eigenvalue weighted by Crippen LogP contribution is 2.72. The summed E-state index contributed by atoms with van der Waals surface area (Å²) in [5, 5.41) is 32.9. The number of fused-ring (bicyclic) bond motifs is 5. The zero-order chi connectivity index (χ0) is 48.3. The van der Waals surface area contributed by atoms with Gasteiger partial charge in [0.25, 0.3) is 0 Å². The summed E-state index contributed by atoms with van der Waals surface area (Å²) in [6, 6.07) is 33.8. The monoisotopic (exact) mass is 952 g/mol. The van der Waals surface area contributed by atoms with E-state index in [0.29, 0.717) is 49.0 Å². The normalized spacial score (nSPS) is 31.2. The molecule has 71 heavy (non-hydrogen) atoms. The fourth-order valence-corrected chi connectivity index (χ4v) is 15.5. The fourth-order valence-electron chi connectivity index (χ4n) is 15.5. The number of carbonyl (C=O) groups is 2. The van der Waals surface area contributed by atoms with Gasteiger partial charge in [-0.25, -0.2) is 9.59 Å². The van der Waals surface area contributed by atoms with E-state index in [1.165, 1.54) is 17.5 Å². The SMILES string of the molecule is CN[C@@H]1C[C@H]([C@]23CC=C4OC(=O)C5=C4CC[C@H]4[C@H]6CC[C@]7(C(=C6c6cc(O)ccc6-c6cccc(c6)CNCCc6cccc(c6)C[C@@H](CC2)C3)C(=O)O/C7=C\[C@H](CCO)Cc2ccccc2)[C@@H]54)CCN1. The van der Waals surface area contributed by atoms with Crippen molar-refractivity contribution < 1.29 is 29.3 Å². The summed E-state index contributed by atoms with van der Waals surface area (Å²) in [5.74, 6) is 1.48. The van der Waals surface area contributed by atoms with Gasteiger partial charge in [-0.2, -0.15) is 0 Å². The van der Waals surface area contributed by atoms with Gasteiger partial charge in [0.2, 0.25) is 0 Å². The van der Waals surface area contributed by atoms with Gasteiger partial charge in [-0.05, 0) is 220 Å². The minimum Gasteiger partial charge on any atom is -0.508 e. The number of cyclic esters (lactones) is 1. The molecule has 0 aromatic heterocycles. The molecule has 5 N–H and O–H groups in total. The van der Waals surface area contributed by atoms with Gasteiger partial charge in [0.15, 0.2) is 0 Å². The first-order valence-electron chi connectivity index (χ1n) is 26.8. The number of phenols is 1. The number of ether oxygens (including phenoxy) is 2. The van der Waals surface area contributed by atoms with Crippen molar-refractivity contribution >= 4 is 17.5 Å². The number of benzene rings is 4. The average Bonchev–Trinajstić information content (AvgIpc) is 4.06. The summed E-state index contributed by atoms with van der Waals surface area (Å²) in [4.78, 5) is 30.1. The van der Waals surface area contributed by atoms with E-state index in [4.69, 9.17) is 9.47 Å². The van der Waals surface area contributed by atoms with Crippen molar-refractivity contribution in [1.82, 2.24) is 16.0 Å². The predicted octanol–water partition coefficient (Wildman–Crippen LogP) is 10.3. The number of hydrogen-bond donors (Lipinski definition) is 5. The Kier molecular flexibility index (Phi) is 12.5. The van der Waals surface area contributed by atoms with Crippen molar-refractivity contribution in [3.63, 3.8) is 0 Å². The van der Waals surface area contributed by atoms with Crippen LogP contribution >= 0.6 is 0 Å². The van der Waals surface area contributed by atoms with Gasteiger partial charge in [0.1, 0.15) is 17.3 Å². The predicted molar refractivity (Wildman–Crippen MR) is 276 cm³/mol. The van der Waals surface area contributed by atoms with Crippen LogP contribution in [0.15, 0.2) is 137 Å². The minimum absolute atomic E-state index is 0.0104. The molecule has 368 valence electrons. The Morgan fingerprint density at radius 1 is 0.831 bits per heavy atom. The lowest BCUT2D eigenvalue weighted by molar-refractivity contribution is -0.135. The number of aliphatic hydroxyl groups is 1. The van der Waals surface area contributed by atoms with Crippen LogP contribution < -0.4 is 16.0 Å². The quantitative estimate of drug-likeness (QED) is 0.115. The van der Waals surface area contributed by atoms with E-state index in [-0.39, 0.29) is 59.5 Å². The zero-order valence-corrected chi connectivity index (χ0v) is 41.2. The molecule has 0 amide bonds. The van der Waals surface area contributed by atoms with E-state index in [0.717, 1.165) is 128 Å². The Morgan fingerprint density at radius 2 is 1.69 bits per heavy atom. The molecule has 9 nitrogen and oxygen atoms in total. The molecule has 2 saturated carbocycles. The molecule has 5 heterocycles. The molecule has 0 radical (unpaired) electrons. The third-order valence-electron chi connectivity index (χ3n) is 18.6. The third kappa shape index (κ3) is 8.35. The summed E-state index contributed by atoms with van der Waals surface area (Å²) in [6.45, 7) is 2.54. The molecule has 0 unspecified atom stereocenters. The number of carbonyl (C=O) groups excluding carboxylic acids is 2. The van der Waals surface area contributed by atoms with Gasteiger partial charge in [0, 0.05) is 30.2 Å². The second-order valence-corrected chi connectivity index (χ2v) is 22.4. The molecule has 5 aliphatic carbocycles. The van der Waals surface area contributed by atoms with Crippen LogP contribution in [0.2, 0.25) is 0 Å². The molecule has 1 spiro atoms. The summed E-state index contributed by atoms with van der Waals surface area (Å²) >= 11 is 0. The maximum atomic E-state index is 15.2. The molecule has 14 rings (SSSR count). The summed E-state index contributed by atoms with van der Waals surface area (Å²) in [5.41, 5.74) is 10.4. The summed E-state index contributed by atoms with van der Waals surface area (Å²) < 4.78 is 13.3. The number of aliphatic hydroxyl groups excluding tert-OH is 1. The van der Waals surface area contributed by atoms with Crippen molar-refractivity contribution in [1.29, 1.82) is 0 Å². The van der Waals surface area contributed by atoms with E-state index in [9.17, 15) is 15.0 Å². The van der Waals surface area contributed by atoms with Gasteiger partial charge in [-0.3, -0.25) is 0 Å². The van der Waals surface area contributed by atoms with Crippen LogP contribution in [-0.2, 0) is 44.9 Å². The Labute approximate surface area is 418 Å². The van der Waals surface area contributed by atoms with Crippen LogP contribution in [0, 0.1) is 46.3 Å². The van der Waals surface area contributed by atoms with Crippen molar-refractivity contribution in [2.45, 2.75) is 103 Å². The lowest BCUT2D eigenvalue weighted by Crippen LogP contribution is -2.52. The Hall–Kier alpha value is -5.58. The molecule has 9 heteroatoms. The van der Waals surface area contributed by atoms with E-state index in [1.54, 1.807) is 6.07 Å². The van der Waals surface area contributed by atoms with Gasteiger partial charge >= 0.3 is 11.9 Å². The second-order valence-electron chi connectivity index (χ2n) is 22.4. The van der Waals surface area contributed by atoms with E-state index in [2.05, 4.69) is 95.8 Å². The number of aromatic hydroxyl groups is 1. The molecule has 10 aliphatic rings. The number of piperidine rings is 1. The van der Waals surface area contributed by atoms with Crippen LogP contribution in [0.1, 0.15) is 98.4 Å². The highest BCUT2D eigenvalue weighted by atomic mass is 16.6. The molecule has 4 fully saturated rings. The van der Waals surface area contributed by atoms with Gasteiger partial charge in [0.05, 0.1) is 17.2 Å². The number of nitrogens with one attached hydrogen (secondary N) is 3. The lowest BCUT2D eigenvalue weighted by atomic mass is 9.44. The largest absolute Gasteiger partial charge is 0.508 e. The fraction of sp³-hybridized carbons (Fsp3) is 0.452. The lowest BCUT2D eigenvalue weighted by Gasteiger charge is -2.56. The highest BCUT2D eigenvalue weighted by Gasteiger charge is 2.68. The van der Waals surface area contributed by atoms with Gasteiger partial charge < -0.3 is 35.6 Å². The molecular weight excluding hydrogens is 883 g/mol. The van der Waals surface area contributed by atoms with Crippen LogP contribution in [0.25, 0.3) is 16.7 Å². The van der Waals surface area contributed by atoms with Crippen molar-refractivity contribution in [3.8, 4) is 16.9 Å². The molecule has 14 bridgehead atoms. The Bertz CT molecular complexity index is 2860. The second kappa shape index (κ2) is 19.1. The minimum atomic E-state index is -0.930. The number of rotatable bonds is 7. The average molecular weight is 952 g/mol. The van der Waals surface area contributed by atoms with E-state index < -0.39 is 5.41 Å². The van der Waals surface area contributed by atoms with Gasteiger partial charge in [-0.15, -0.1) is 0 Å². The van der Waals surface area contributed by atoms with Gasteiger partial charge in [-0.1, -0.05) is 78.9 Å². The Morgan fingerprint density at radius 3 is 2.56 bits per heavy atom. The number of phenolic OH excluding ortho intramolecular Hbond substituents is 1. The number of esters is 2. The molecule has 2 saturated heterocycles. The Balaban J connectivity index is 1.03. The topological polar surface area (TPSA) is 129 Å². The molecule has 4 aromatic rings. The third-order valence-corrected chi connectivity index (χ3v) is 18.6. The zero-order valence-electron chi connectivity index (χ0n) is 41.2. The molecular formula is C62H69N3O6. The standard InChI is InChI=1S/C62H69N3O6/c1-63-54-34-45(21-27-65-54)61-23-17-42(36-61)31-40-10-5-9-39(30-40)20-26-64-37-43-11-6-12-44(32-43)47-14-13-46(67)35-51(47)55-48-18-25-62(57-49(48)15-16-50-52(19-24-61)70-59(68)56(50)57)53(71-60(69)58(55)62)33-41(22-28-66)29-38-7-3-2-4-8-38/h2-14,19,30,32-33,35,41-42,45,48-49,54,57,63-67H,15-18,20-29,31,34,36-37H2,1H3/b52-19?,53-33-/t41-,42-,45-,48-,49+,54+,57-,61+,62-/m1/s1. The van der Waals surface area contributed by atoms with Crippen molar-refractivity contribution in [2.24, 2.45) is 46.3 Å². The summed E-state index contributed by atoms with van der Waals surface area (Å²) in [6.07, 6.45) is 17.5. The van der Waals surface area contributed by atoms with Crippen LogP contribution in [-0.4, -0.2) is 55.1 Å². The highest BCUT2D eigenvalue weighted by molar-refractivity contribution is 6.07. The number of allylic oxidation sites excluding steroid dienone is 5. The van der Waals surface area contributed by atoms with Crippen LogP contribution in [0.3, 0.4) is 0 Å². The maximum absolute atomic E-state index is 15.2. The maximum Gasteiger partial charge on any atom is 0.340 e. The van der Waals surface area contributed by atoms with Crippen LogP contribution in [0.5, 0.6) is 5.75 Å². The molecule has 5 aliphatic heterocycles. The molecule has 4 aromatic carbocycles. The first-order valence-corrected chi connectivity index (χ1v) is 26.8. The number of hydrogen-bond acceptors (Lipinski definition) is 9. The van der Waals surface area contributed by atoms with Crippen molar-refractivity contribution in [3.05, 3.63) is 165 Å². The van der Waals surface area contributed by atoms with Crippen LogP contribution in [0.4, 0.5) is 0 Å². The van der Waals surface area contributed by atoms with Crippen molar-refractivity contribution in [2.75, 3.05) is 26.7 Å². The summed E-state index contributed by atoms with van der Waals surface area (Å²) in [7, 11) is 2.06. The smallest absolute Gasteiger partial charge is 0.340 e. The molecule has 9 atom stereocenters. The van der Waals surface area contributed by atoms with E-state index >= 15 is 4.79 Å².